The third-order valence-electron chi connectivity index (χ3n) is 2.89. The molecule has 1 heterocycles. The Balaban J connectivity index is 2.09. The van der Waals surface area contributed by atoms with Gasteiger partial charge in [0.1, 0.15) is 0 Å². The fourth-order valence-electron chi connectivity index (χ4n) is 1.90. The summed E-state index contributed by atoms with van der Waals surface area (Å²) in [4.78, 5) is 0. The first-order chi connectivity index (χ1) is 7.81. The van der Waals surface area contributed by atoms with Crippen molar-refractivity contribution >= 4 is 23.5 Å². The van der Waals surface area contributed by atoms with Crippen LogP contribution in [0.3, 0.4) is 0 Å². The van der Waals surface area contributed by atoms with E-state index in [9.17, 15) is 5.11 Å². The monoisotopic (exact) mass is 254 g/mol. The van der Waals surface area contributed by atoms with Crippen molar-refractivity contribution in [3.8, 4) is 0 Å². The number of benzene rings is 1. The fourth-order valence-corrected chi connectivity index (χ4v) is 4.65. The zero-order valence-electron chi connectivity index (χ0n) is 9.56. The molecule has 1 saturated heterocycles. The molecule has 16 heavy (non-hydrogen) atoms. The Morgan fingerprint density at radius 3 is 3.00 bits per heavy atom. The van der Waals surface area contributed by atoms with E-state index in [1.54, 1.807) is 0 Å². The van der Waals surface area contributed by atoms with E-state index in [4.69, 9.17) is 0 Å². The van der Waals surface area contributed by atoms with Gasteiger partial charge in [-0.2, -0.15) is 23.5 Å². The van der Waals surface area contributed by atoms with E-state index in [0.717, 1.165) is 17.7 Å². The normalized spacial score (nSPS) is 23.0. The molecule has 0 aromatic heterocycles. The van der Waals surface area contributed by atoms with Gasteiger partial charge in [0.05, 0.1) is 6.10 Å². The van der Waals surface area contributed by atoms with Crippen molar-refractivity contribution in [2.24, 2.45) is 0 Å². The third-order valence-corrected chi connectivity index (χ3v) is 5.74. The molecule has 0 amide bonds. The Kier molecular flexibility index (Phi) is 4.62. The van der Waals surface area contributed by atoms with Gasteiger partial charge in [0.15, 0.2) is 0 Å². The van der Waals surface area contributed by atoms with Crippen LogP contribution in [0.15, 0.2) is 24.3 Å². The van der Waals surface area contributed by atoms with E-state index in [-0.39, 0.29) is 6.10 Å². The molecule has 2 rings (SSSR count). The second kappa shape index (κ2) is 5.99. The van der Waals surface area contributed by atoms with Crippen molar-refractivity contribution in [3.05, 3.63) is 35.4 Å². The molecule has 0 aliphatic carbocycles. The van der Waals surface area contributed by atoms with Gasteiger partial charge in [-0.05, 0) is 17.5 Å². The van der Waals surface area contributed by atoms with E-state index in [1.165, 1.54) is 17.1 Å². The Morgan fingerprint density at radius 2 is 2.31 bits per heavy atom. The summed E-state index contributed by atoms with van der Waals surface area (Å²) in [5, 5.41) is 10.7. The predicted octanol–water partition coefficient (Wildman–Crippen LogP) is 3.13. The minimum absolute atomic E-state index is 0.302. The van der Waals surface area contributed by atoms with E-state index >= 15 is 0 Å². The van der Waals surface area contributed by atoms with Crippen LogP contribution >= 0.6 is 23.5 Å². The largest absolute Gasteiger partial charge is 0.387 e. The van der Waals surface area contributed by atoms with E-state index < -0.39 is 0 Å². The van der Waals surface area contributed by atoms with Gasteiger partial charge in [-0.15, -0.1) is 0 Å². The summed E-state index contributed by atoms with van der Waals surface area (Å²) < 4.78 is 0. The van der Waals surface area contributed by atoms with Gasteiger partial charge < -0.3 is 5.11 Å². The Bertz CT molecular complexity index is 334. The Labute approximate surface area is 106 Å². The molecule has 1 fully saturated rings. The van der Waals surface area contributed by atoms with Crippen molar-refractivity contribution in [2.45, 2.75) is 24.7 Å². The molecule has 0 saturated carbocycles. The first-order valence-electron chi connectivity index (χ1n) is 5.77. The highest BCUT2D eigenvalue weighted by molar-refractivity contribution is 8.06. The summed E-state index contributed by atoms with van der Waals surface area (Å²) in [6, 6.07) is 8.37. The minimum Gasteiger partial charge on any atom is -0.387 e. The molecule has 88 valence electrons. The highest BCUT2D eigenvalue weighted by Gasteiger charge is 2.23. The van der Waals surface area contributed by atoms with Gasteiger partial charge in [-0.3, -0.25) is 0 Å². The van der Waals surface area contributed by atoms with Gasteiger partial charge >= 0.3 is 0 Å². The number of rotatable bonds is 3. The highest BCUT2D eigenvalue weighted by atomic mass is 32.2. The SMILES string of the molecule is CCc1cccc(C(O)C2CSCCS2)c1. The lowest BCUT2D eigenvalue weighted by Gasteiger charge is -2.26. The molecule has 0 spiro atoms. The van der Waals surface area contributed by atoms with Crippen LogP contribution in [0, 0.1) is 0 Å². The van der Waals surface area contributed by atoms with Crippen LogP contribution in [0.25, 0.3) is 0 Å². The number of thioether (sulfide) groups is 2. The van der Waals surface area contributed by atoms with Crippen molar-refractivity contribution in [2.75, 3.05) is 17.3 Å². The van der Waals surface area contributed by atoms with Crippen LogP contribution in [0.2, 0.25) is 0 Å². The average molecular weight is 254 g/mol. The molecule has 1 aliphatic rings. The first-order valence-corrected chi connectivity index (χ1v) is 7.98. The Morgan fingerprint density at radius 1 is 1.44 bits per heavy atom. The van der Waals surface area contributed by atoms with Crippen molar-refractivity contribution in [1.82, 2.24) is 0 Å². The molecule has 2 unspecified atom stereocenters. The maximum absolute atomic E-state index is 10.3. The summed E-state index contributed by atoms with van der Waals surface area (Å²) >= 11 is 3.86. The molecule has 1 aromatic rings. The van der Waals surface area contributed by atoms with Crippen molar-refractivity contribution in [1.29, 1.82) is 0 Å². The second-order valence-corrected chi connectivity index (χ2v) is 6.52. The molecule has 1 nitrogen and oxygen atoms in total. The second-order valence-electron chi connectivity index (χ2n) is 4.03. The molecule has 0 bridgehead atoms. The first kappa shape index (κ1) is 12.3. The van der Waals surface area contributed by atoms with E-state index in [1.807, 2.05) is 29.6 Å². The van der Waals surface area contributed by atoms with Gasteiger partial charge in [0.25, 0.3) is 0 Å². The minimum atomic E-state index is -0.302. The Hall–Kier alpha value is -0.120. The number of aryl methyl sites for hydroxylation is 1. The zero-order chi connectivity index (χ0) is 11.4. The summed E-state index contributed by atoms with van der Waals surface area (Å²) in [6.45, 7) is 2.15. The van der Waals surface area contributed by atoms with Crippen LogP contribution in [0.1, 0.15) is 24.2 Å². The third kappa shape index (κ3) is 2.96. The zero-order valence-corrected chi connectivity index (χ0v) is 11.2. The quantitative estimate of drug-likeness (QED) is 0.895. The van der Waals surface area contributed by atoms with E-state index in [2.05, 4.69) is 25.1 Å². The van der Waals surface area contributed by atoms with Gasteiger partial charge in [0.2, 0.25) is 0 Å². The fraction of sp³-hybridized carbons (Fsp3) is 0.538. The predicted molar refractivity (Wildman–Crippen MR) is 74.4 cm³/mol. The molecular formula is C13H18OS2. The summed E-state index contributed by atoms with van der Waals surface area (Å²) in [7, 11) is 0. The van der Waals surface area contributed by atoms with Gasteiger partial charge in [-0.25, -0.2) is 0 Å². The van der Waals surface area contributed by atoms with Crippen molar-refractivity contribution < 1.29 is 5.11 Å². The van der Waals surface area contributed by atoms with Crippen LogP contribution in [0.5, 0.6) is 0 Å². The lowest BCUT2D eigenvalue weighted by Crippen LogP contribution is -2.22. The molecule has 1 aromatic carbocycles. The van der Waals surface area contributed by atoms with Crippen molar-refractivity contribution in [3.63, 3.8) is 0 Å². The summed E-state index contributed by atoms with van der Waals surface area (Å²) in [6.07, 6.45) is 0.733. The number of aliphatic hydroxyl groups excluding tert-OH is 1. The smallest absolute Gasteiger partial charge is 0.0916 e. The van der Waals surface area contributed by atoms with Crippen LogP contribution in [-0.4, -0.2) is 27.6 Å². The summed E-state index contributed by atoms with van der Waals surface area (Å²) in [5.41, 5.74) is 2.39. The maximum atomic E-state index is 10.3. The molecule has 2 atom stereocenters. The summed E-state index contributed by atoms with van der Waals surface area (Å²) in [5.74, 6) is 3.46. The van der Waals surface area contributed by atoms with Gasteiger partial charge in [0, 0.05) is 22.5 Å². The van der Waals surface area contributed by atoms with Crippen LogP contribution in [0.4, 0.5) is 0 Å². The van der Waals surface area contributed by atoms with Gasteiger partial charge in [-0.1, -0.05) is 31.2 Å². The lowest BCUT2D eigenvalue weighted by molar-refractivity contribution is 0.180. The highest BCUT2D eigenvalue weighted by Crippen LogP contribution is 2.33. The molecule has 0 radical (unpaired) electrons. The number of hydrogen-bond donors (Lipinski definition) is 1. The van der Waals surface area contributed by atoms with E-state index in [0.29, 0.717) is 5.25 Å². The molecule has 1 aliphatic heterocycles. The topological polar surface area (TPSA) is 20.2 Å². The maximum Gasteiger partial charge on any atom is 0.0916 e. The molecule has 3 heteroatoms. The number of aliphatic hydroxyl groups is 1. The molecular weight excluding hydrogens is 236 g/mol. The standard InChI is InChI=1S/C13H18OS2/c1-2-10-4-3-5-11(8-10)13(14)12-9-15-6-7-16-12/h3-5,8,12-14H,2,6-7,9H2,1H3. The average Bonchev–Trinajstić information content (AvgIpc) is 2.39. The molecule has 1 N–H and O–H groups in total. The van der Waals surface area contributed by atoms with Crippen LogP contribution < -0.4 is 0 Å². The lowest BCUT2D eigenvalue weighted by atomic mass is 10.0. The van der Waals surface area contributed by atoms with Crippen LogP contribution in [-0.2, 0) is 6.42 Å². The number of hydrogen-bond acceptors (Lipinski definition) is 3.